The van der Waals surface area contributed by atoms with Crippen LogP contribution in [0.4, 0.5) is 0 Å². The summed E-state index contributed by atoms with van der Waals surface area (Å²) in [5.41, 5.74) is 2.28. The van der Waals surface area contributed by atoms with Gasteiger partial charge in [0, 0.05) is 29.8 Å². The summed E-state index contributed by atoms with van der Waals surface area (Å²) < 4.78 is 11.6. The predicted octanol–water partition coefficient (Wildman–Crippen LogP) is 3.10. The maximum absolute atomic E-state index is 12.7. The van der Waals surface area contributed by atoms with Crippen molar-refractivity contribution in [2.24, 2.45) is 0 Å². The molecule has 154 valence electrons. The number of ether oxygens (including phenoxy) is 2. The lowest BCUT2D eigenvalue weighted by atomic mass is 10.0. The third-order valence-corrected chi connectivity index (χ3v) is 6.04. The molecule has 6 heteroatoms. The highest BCUT2D eigenvalue weighted by Gasteiger charge is 2.32. The Balaban J connectivity index is 1.40. The number of likely N-dealkylation sites (tertiary alicyclic amines) is 1. The zero-order valence-electron chi connectivity index (χ0n) is 16.7. The first kappa shape index (κ1) is 20.0. The Bertz CT molecular complexity index is 856. The first-order valence-corrected chi connectivity index (χ1v) is 10.8. The van der Waals surface area contributed by atoms with E-state index in [9.17, 15) is 4.79 Å². The number of carbonyl (C=O) groups excluding carboxylic acids is 1. The molecule has 0 saturated carbocycles. The van der Waals surface area contributed by atoms with Gasteiger partial charge in [0.2, 0.25) is 0 Å². The minimum Gasteiger partial charge on any atom is -0.490 e. The summed E-state index contributed by atoms with van der Waals surface area (Å²) in [5, 5.41) is 3.83. The summed E-state index contributed by atoms with van der Waals surface area (Å²) in [7, 11) is 0. The number of benzene rings is 2. The third-order valence-electron chi connectivity index (χ3n) is 5.79. The molecule has 0 aliphatic carbocycles. The lowest BCUT2D eigenvalue weighted by Gasteiger charge is -2.23. The van der Waals surface area contributed by atoms with Gasteiger partial charge in [-0.15, -0.1) is 0 Å². The Hall–Kier alpha value is -2.24. The van der Waals surface area contributed by atoms with E-state index in [1.807, 2.05) is 37.3 Å². The van der Waals surface area contributed by atoms with Crippen LogP contribution >= 0.6 is 11.6 Å². The van der Waals surface area contributed by atoms with Crippen molar-refractivity contribution in [3.05, 3.63) is 58.6 Å². The number of carbonyl (C=O) groups is 1. The van der Waals surface area contributed by atoms with Gasteiger partial charge in [0.15, 0.2) is 18.0 Å². The van der Waals surface area contributed by atoms with Crippen LogP contribution < -0.4 is 19.7 Å². The van der Waals surface area contributed by atoms with Crippen LogP contribution in [0.3, 0.4) is 0 Å². The van der Waals surface area contributed by atoms with E-state index >= 15 is 0 Å². The molecule has 2 aromatic carbocycles. The quantitative estimate of drug-likeness (QED) is 0.789. The first-order valence-electron chi connectivity index (χ1n) is 10.4. The molecule has 0 aromatic heterocycles. The summed E-state index contributed by atoms with van der Waals surface area (Å²) in [6.45, 7) is 4.85. The molecule has 1 saturated heterocycles. The second-order valence-electron chi connectivity index (χ2n) is 7.88. The molecule has 29 heavy (non-hydrogen) atoms. The summed E-state index contributed by atoms with van der Waals surface area (Å²) in [4.78, 5) is 14.0. The maximum Gasteiger partial charge on any atom is 0.275 e. The van der Waals surface area contributed by atoms with Crippen molar-refractivity contribution in [1.29, 1.82) is 0 Å². The Morgan fingerprint density at radius 2 is 1.90 bits per heavy atom. The highest BCUT2D eigenvalue weighted by Crippen LogP contribution is 2.33. The highest BCUT2D eigenvalue weighted by atomic mass is 35.5. The van der Waals surface area contributed by atoms with Gasteiger partial charge >= 0.3 is 0 Å². The van der Waals surface area contributed by atoms with Gasteiger partial charge in [0.05, 0.1) is 25.8 Å². The number of quaternary nitrogens is 1. The molecule has 2 heterocycles. The number of fused-ring (bicyclic) bond motifs is 1. The monoisotopic (exact) mass is 415 g/mol. The van der Waals surface area contributed by atoms with Crippen molar-refractivity contribution in [2.75, 3.05) is 26.3 Å². The minimum absolute atomic E-state index is 0.0433. The van der Waals surface area contributed by atoms with Gasteiger partial charge in [-0.3, -0.25) is 4.79 Å². The molecule has 0 spiro atoms. The van der Waals surface area contributed by atoms with Crippen LogP contribution in [0.5, 0.6) is 11.5 Å². The van der Waals surface area contributed by atoms with Crippen molar-refractivity contribution in [3.8, 4) is 11.5 Å². The number of nitrogens with one attached hydrogen (secondary N) is 2. The largest absolute Gasteiger partial charge is 0.490 e. The fraction of sp³-hybridized carbons (Fsp3) is 0.435. The first-order chi connectivity index (χ1) is 14.1. The van der Waals surface area contributed by atoms with E-state index in [0.717, 1.165) is 42.9 Å². The summed E-state index contributed by atoms with van der Waals surface area (Å²) in [5.74, 6) is 1.72. The molecule has 2 aromatic rings. The van der Waals surface area contributed by atoms with E-state index in [4.69, 9.17) is 21.1 Å². The van der Waals surface area contributed by atoms with E-state index in [1.54, 1.807) is 0 Å². The Labute approximate surface area is 176 Å². The second kappa shape index (κ2) is 9.06. The van der Waals surface area contributed by atoms with Gasteiger partial charge in [-0.05, 0) is 42.8 Å². The maximum atomic E-state index is 12.7. The van der Waals surface area contributed by atoms with Crippen LogP contribution in [0.1, 0.15) is 49.4 Å². The average molecular weight is 416 g/mol. The Morgan fingerprint density at radius 1 is 1.14 bits per heavy atom. The minimum atomic E-state index is -0.0433. The van der Waals surface area contributed by atoms with Gasteiger partial charge in [-0.1, -0.05) is 23.7 Å². The van der Waals surface area contributed by atoms with E-state index in [2.05, 4.69) is 17.4 Å². The van der Waals surface area contributed by atoms with E-state index in [-0.39, 0.29) is 11.9 Å². The molecule has 5 nitrogen and oxygen atoms in total. The molecule has 2 aliphatic heterocycles. The van der Waals surface area contributed by atoms with Gasteiger partial charge < -0.3 is 19.7 Å². The number of rotatable bonds is 5. The van der Waals surface area contributed by atoms with Crippen molar-refractivity contribution in [2.45, 2.75) is 38.3 Å². The molecule has 0 bridgehead atoms. The van der Waals surface area contributed by atoms with Gasteiger partial charge in [-0.25, -0.2) is 0 Å². The number of halogens is 1. The number of hydrogen-bond donors (Lipinski definition) is 2. The molecular weight excluding hydrogens is 388 g/mol. The fourth-order valence-corrected chi connectivity index (χ4v) is 4.38. The molecule has 0 radical (unpaired) electrons. The summed E-state index contributed by atoms with van der Waals surface area (Å²) in [6.07, 6.45) is 3.10. The molecule has 2 N–H and O–H groups in total. The zero-order valence-corrected chi connectivity index (χ0v) is 17.5. The molecule has 1 fully saturated rings. The highest BCUT2D eigenvalue weighted by molar-refractivity contribution is 6.30. The average Bonchev–Trinajstić information content (AvgIpc) is 3.03. The number of amides is 1. The molecular formula is C23H28ClN2O3+. The second-order valence-corrected chi connectivity index (χ2v) is 8.31. The van der Waals surface area contributed by atoms with Crippen molar-refractivity contribution in [3.63, 3.8) is 0 Å². The van der Waals surface area contributed by atoms with Crippen LogP contribution in [-0.2, 0) is 4.79 Å². The third kappa shape index (κ3) is 4.85. The SMILES string of the molecule is C[C@H](NC(=O)C[NH+]1CCC[C@@H]1c1ccc2c(c1)OCCCO2)c1ccc(Cl)cc1. The Morgan fingerprint density at radius 3 is 2.69 bits per heavy atom. The standard InChI is InChI=1S/C23H27ClN2O3/c1-16(17-5-8-19(24)9-6-17)25-23(27)15-26-11-2-4-20(26)18-7-10-21-22(14-18)29-13-3-12-28-21/h5-10,14,16,20H,2-4,11-13,15H2,1H3,(H,25,27)/p+1/t16-,20+/m0/s1. The van der Waals surface area contributed by atoms with Gasteiger partial charge in [0.25, 0.3) is 5.91 Å². The van der Waals surface area contributed by atoms with Crippen LogP contribution in [0.15, 0.2) is 42.5 Å². The molecule has 1 amide bonds. The smallest absolute Gasteiger partial charge is 0.275 e. The fourth-order valence-electron chi connectivity index (χ4n) is 4.26. The predicted molar refractivity (Wildman–Crippen MR) is 113 cm³/mol. The summed E-state index contributed by atoms with van der Waals surface area (Å²) in [6, 6.07) is 14.1. The van der Waals surface area contributed by atoms with Crippen LogP contribution in [0, 0.1) is 0 Å². The summed E-state index contributed by atoms with van der Waals surface area (Å²) >= 11 is 5.96. The van der Waals surface area contributed by atoms with E-state index in [1.165, 1.54) is 10.5 Å². The number of hydrogen-bond acceptors (Lipinski definition) is 3. The Kier molecular flexibility index (Phi) is 6.26. The molecule has 1 unspecified atom stereocenters. The van der Waals surface area contributed by atoms with Crippen LogP contribution in [0.2, 0.25) is 5.02 Å². The normalized spacial score (nSPS) is 22.0. The lowest BCUT2D eigenvalue weighted by molar-refractivity contribution is -0.910. The van der Waals surface area contributed by atoms with Gasteiger partial charge in [0.1, 0.15) is 6.04 Å². The van der Waals surface area contributed by atoms with Crippen LogP contribution in [-0.4, -0.2) is 32.2 Å². The van der Waals surface area contributed by atoms with E-state index in [0.29, 0.717) is 30.8 Å². The van der Waals surface area contributed by atoms with Crippen molar-refractivity contribution < 1.29 is 19.2 Å². The topological polar surface area (TPSA) is 52.0 Å². The van der Waals surface area contributed by atoms with Crippen molar-refractivity contribution in [1.82, 2.24) is 5.32 Å². The van der Waals surface area contributed by atoms with Gasteiger partial charge in [-0.2, -0.15) is 0 Å². The lowest BCUT2D eigenvalue weighted by Crippen LogP contribution is -3.11. The molecule has 2 aliphatic rings. The van der Waals surface area contributed by atoms with Crippen molar-refractivity contribution >= 4 is 17.5 Å². The van der Waals surface area contributed by atoms with E-state index < -0.39 is 0 Å². The van der Waals surface area contributed by atoms with Crippen LogP contribution in [0.25, 0.3) is 0 Å². The molecule has 4 rings (SSSR count). The molecule has 3 atom stereocenters. The zero-order chi connectivity index (χ0) is 20.2.